The Balaban J connectivity index is 1.68. The van der Waals surface area contributed by atoms with E-state index in [1.165, 1.54) is 54.5 Å². The molecule has 1 aliphatic carbocycles. The molecule has 1 saturated carbocycles. The third-order valence-corrected chi connectivity index (χ3v) is 5.31. The van der Waals surface area contributed by atoms with Crippen molar-refractivity contribution in [2.24, 2.45) is 4.99 Å². The molecule has 3 nitrogen and oxygen atoms in total. The second-order valence-corrected chi connectivity index (χ2v) is 7.09. The van der Waals surface area contributed by atoms with Crippen LogP contribution in [0.5, 0.6) is 0 Å². The number of anilines is 1. The van der Waals surface area contributed by atoms with Crippen molar-refractivity contribution >= 4 is 11.6 Å². The van der Waals surface area contributed by atoms with Gasteiger partial charge in [0.15, 0.2) is 5.96 Å². The molecule has 0 aromatic heterocycles. The van der Waals surface area contributed by atoms with Crippen LogP contribution < -0.4 is 10.6 Å². The zero-order valence-corrected chi connectivity index (χ0v) is 14.7. The van der Waals surface area contributed by atoms with E-state index >= 15 is 0 Å². The molecule has 2 aliphatic rings. The van der Waals surface area contributed by atoms with Crippen molar-refractivity contribution in [1.29, 1.82) is 0 Å². The smallest absolute Gasteiger partial charge is 0.195 e. The Morgan fingerprint density at radius 2 is 1.92 bits per heavy atom. The summed E-state index contributed by atoms with van der Waals surface area (Å²) in [4.78, 5) is 4.55. The van der Waals surface area contributed by atoms with E-state index in [0.29, 0.717) is 5.92 Å². The summed E-state index contributed by atoms with van der Waals surface area (Å²) in [5.74, 6) is 1.56. The Kier molecular flexibility index (Phi) is 5.01. The Labute approximate surface area is 150 Å². The molecular formula is C22H26N3. The van der Waals surface area contributed by atoms with E-state index in [1.54, 1.807) is 0 Å². The molecule has 1 radical (unpaired) electrons. The fourth-order valence-corrected chi connectivity index (χ4v) is 4.01. The van der Waals surface area contributed by atoms with Crippen LogP contribution in [0.25, 0.3) is 0 Å². The fourth-order valence-electron chi connectivity index (χ4n) is 4.01. The van der Waals surface area contributed by atoms with Crippen LogP contribution in [0.15, 0.2) is 47.5 Å². The van der Waals surface area contributed by atoms with E-state index in [1.807, 2.05) is 0 Å². The van der Waals surface area contributed by atoms with Gasteiger partial charge < -0.3 is 10.6 Å². The standard InChI is InChI=1S/C22H26N3/c1-3-8-17(9-4-1)16-19-12-7-13-20(18-10-5-2-6-11-18)21(19)25-22-23-14-15-24-22/h1,3-4,8-9,12-13,18H,2,5-6,10-11,14-16H2,(H2,23,24,25). The number of benzene rings is 2. The Bertz CT molecular complexity index is 730. The monoisotopic (exact) mass is 332 g/mol. The van der Waals surface area contributed by atoms with Crippen molar-refractivity contribution in [2.75, 3.05) is 18.4 Å². The largest absolute Gasteiger partial charge is 0.354 e. The van der Waals surface area contributed by atoms with Gasteiger partial charge in [0.1, 0.15) is 0 Å². The molecule has 0 spiro atoms. The number of aliphatic imine (C=N–C) groups is 1. The number of nitrogens with one attached hydrogen (secondary N) is 2. The van der Waals surface area contributed by atoms with Gasteiger partial charge in [-0.3, -0.25) is 4.99 Å². The summed E-state index contributed by atoms with van der Waals surface area (Å²) in [6.45, 7) is 1.78. The molecule has 0 bridgehead atoms. The minimum absolute atomic E-state index is 0.644. The summed E-state index contributed by atoms with van der Waals surface area (Å²) in [5.41, 5.74) is 5.32. The van der Waals surface area contributed by atoms with Crippen LogP contribution in [0.2, 0.25) is 0 Å². The number of hydrogen-bond donors (Lipinski definition) is 2. The summed E-state index contributed by atoms with van der Waals surface area (Å²) in [5, 5.41) is 6.97. The molecule has 0 unspecified atom stereocenters. The lowest BCUT2D eigenvalue weighted by Crippen LogP contribution is -2.27. The average molecular weight is 332 g/mol. The highest BCUT2D eigenvalue weighted by molar-refractivity contribution is 5.96. The number of rotatable bonds is 4. The van der Waals surface area contributed by atoms with Crippen LogP contribution in [0.4, 0.5) is 5.69 Å². The van der Waals surface area contributed by atoms with Crippen molar-refractivity contribution in [3.8, 4) is 0 Å². The Hall–Kier alpha value is -2.29. The van der Waals surface area contributed by atoms with Gasteiger partial charge in [0.2, 0.25) is 0 Å². The summed E-state index contributed by atoms with van der Waals surface area (Å²) in [6.07, 6.45) is 7.56. The van der Waals surface area contributed by atoms with Crippen molar-refractivity contribution in [1.82, 2.24) is 5.32 Å². The van der Waals surface area contributed by atoms with Crippen molar-refractivity contribution in [3.05, 3.63) is 65.2 Å². The third kappa shape index (κ3) is 3.87. The molecule has 2 aromatic carbocycles. The van der Waals surface area contributed by atoms with Gasteiger partial charge in [-0.05, 0) is 60.1 Å². The maximum Gasteiger partial charge on any atom is 0.195 e. The van der Waals surface area contributed by atoms with E-state index in [0.717, 1.165) is 25.5 Å². The summed E-state index contributed by atoms with van der Waals surface area (Å²) < 4.78 is 0. The average Bonchev–Trinajstić information content (AvgIpc) is 3.18. The van der Waals surface area contributed by atoms with Crippen LogP contribution in [0, 0.1) is 6.07 Å². The molecule has 3 heteroatoms. The Morgan fingerprint density at radius 3 is 2.68 bits per heavy atom. The first-order chi connectivity index (χ1) is 12.4. The van der Waals surface area contributed by atoms with Gasteiger partial charge in [-0.1, -0.05) is 49.6 Å². The SMILES string of the molecule is [c]1cc(Cc2ccccc2)c(NC2=NCCN2)c(C2CCCCC2)c1. The van der Waals surface area contributed by atoms with E-state index in [2.05, 4.69) is 64.2 Å². The molecule has 0 amide bonds. The third-order valence-electron chi connectivity index (χ3n) is 5.31. The number of hydrogen-bond acceptors (Lipinski definition) is 3. The lowest BCUT2D eigenvalue weighted by Gasteiger charge is -2.26. The van der Waals surface area contributed by atoms with Gasteiger partial charge in [-0.25, -0.2) is 0 Å². The summed E-state index contributed by atoms with van der Waals surface area (Å²) in [6, 6.07) is 18.4. The minimum Gasteiger partial charge on any atom is -0.354 e. The van der Waals surface area contributed by atoms with Gasteiger partial charge in [0.05, 0.1) is 6.54 Å². The quantitative estimate of drug-likeness (QED) is 0.865. The predicted octanol–water partition coefficient (Wildman–Crippen LogP) is 4.50. The zero-order valence-electron chi connectivity index (χ0n) is 14.7. The van der Waals surface area contributed by atoms with Gasteiger partial charge in [0, 0.05) is 12.2 Å². The minimum atomic E-state index is 0.644. The highest BCUT2D eigenvalue weighted by Crippen LogP contribution is 2.38. The predicted molar refractivity (Wildman–Crippen MR) is 104 cm³/mol. The summed E-state index contributed by atoms with van der Waals surface area (Å²) in [7, 11) is 0. The van der Waals surface area contributed by atoms with E-state index in [9.17, 15) is 0 Å². The second kappa shape index (κ2) is 7.73. The topological polar surface area (TPSA) is 36.4 Å². The van der Waals surface area contributed by atoms with E-state index < -0.39 is 0 Å². The van der Waals surface area contributed by atoms with Crippen molar-refractivity contribution < 1.29 is 0 Å². The highest BCUT2D eigenvalue weighted by atomic mass is 15.2. The van der Waals surface area contributed by atoms with E-state index in [4.69, 9.17) is 0 Å². The molecular weight excluding hydrogens is 306 g/mol. The van der Waals surface area contributed by atoms with Crippen molar-refractivity contribution in [3.63, 3.8) is 0 Å². The molecule has 0 saturated heterocycles. The molecule has 2 aromatic rings. The molecule has 1 aliphatic heterocycles. The number of nitrogens with zero attached hydrogens (tertiary/aromatic N) is 1. The second-order valence-electron chi connectivity index (χ2n) is 7.09. The molecule has 0 atom stereocenters. The van der Waals surface area contributed by atoms with Crippen molar-refractivity contribution in [2.45, 2.75) is 44.4 Å². The molecule has 25 heavy (non-hydrogen) atoms. The molecule has 4 rings (SSSR count). The molecule has 1 fully saturated rings. The van der Waals surface area contributed by atoms with Crippen LogP contribution in [-0.2, 0) is 6.42 Å². The maximum atomic E-state index is 4.55. The zero-order chi connectivity index (χ0) is 16.9. The first kappa shape index (κ1) is 16.2. The van der Waals surface area contributed by atoms with Gasteiger partial charge in [-0.15, -0.1) is 0 Å². The highest BCUT2D eigenvalue weighted by Gasteiger charge is 2.21. The van der Waals surface area contributed by atoms with Gasteiger partial charge in [0.25, 0.3) is 0 Å². The van der Waals surface area contributed by atoms with Gasteiger partial charge in [-0.2, -0.15) is 0 Å². The first-order valence-electron chi connectivity index (χ1n) is 9.52. The number of guanidine groups is 1. The molecule has 129 valence electrons. The van der Waals surface area contributed by atoms with Gasteiger partial charge >= 0.3 is 0 Å². The first-order valence-corrected chi connectivity index (χ1v) is 9.52. The van der Waals surface area contributed by atoms with Crippen LogP contribution in [0.1, 0.15) is 54.7 Å². The molecule has 2 N–H and O–H groups in total. The van der Waals surface area contributed by atoms with Crippen LogP contribution in [-0.4, -0.2) is 19.0 Å². The van der Waals surface area contributed by atoms with Crippen LogP contribution >= 0.6 is 0 Å². The van der Waals surface area contributed by atoms with Crippen LogP contribution in [0.3, 0.4) is 0 Å². The Morgan fingerprint density at radius 1 is 1.08 bits per heavy atom. The van der Waals surface area contributed by atoms with E-state index in [-0.39, 0.29) is 0 Å². The maximum absolute atomic E-state index is 4.55. The lowest BCUT2D eigenvalue weighted by atomic mass is 9.82. The lowest BCUT2D eigenvalue weighted by molar-refractivity contribution is 0.444. The summed E-state index contributed by atoms with van der Waals surface area (Å²) >= 11 is 0. The molecule has 1 heterocycles. The normalized spacial score (nSPS) is 17.8. The fraction of sp³-hybridized carbons (Fsp3) is 0.409.